The molecule has 0 saturated carbocycles. The summed E-state index contributed by atoms with van der Waals surface area (Å²) >= 11 is 7.66. The zero-order valence-electron chi connectivity index (χ0n) is 16.9. The number of halogens is 1. The third-order valence-electron chi connectivity index (χ3n) is 4.99. The van der Waals surface area contributed by atoms with E-state index >= 15 is 0 Å². The lowest BCUT2D eigenvalue weighted by molar-refractivity contribution is -0.120. The number of fused-ring (bicyclic) bond motifs is 3. The highest BCUT2D eigenvalue weighted by Crippen LogP contribution is 2.44. The van der Waals surface area contributed by atoms with Gasteiger partial charge in [0.25, 0.3) is 0 Å². The maximum atomic E-state index is 13.1. The number of hydrogen-bond acceptors (Lipinski definition) is 6. The molecule has 1 aliphatic heterocycles. The lowest BCUT2D eigenvalue weighted by atomic mass is 10.1. The molecule has 1 atom stereocenters. The molecule has 0 spiro atoms. The largest absolute Gasteiger partial charge is 0.447 e. The molecule has 0 fully saturated rings. The number of aryl methyl sites for hydroxylation is 1. The fourth-order valence-electron chi connectivity index (χ4n) is 3.40. The first-order chi connectivity index (χ1) is 14.5. The molecular weight excluding hydrogens is 420 g/mol. The Bertz CT molecular complexity index is 1090. The SMILES string of the molecule is CCC(=O)N1c2ccc(Cl)cc2-c2nnc(SC)nc2OC1c1ccc(CC)cc1. The highest BCUT2D eigenvalue weighted by Gasteiger charge is 2.35. The second kappa shape index (κ2) is 8.62. The van der Waals surface area contributed by atoms with Gasteiger partial charge in [-0.2, -0.15) is 4.98 Å². The van der Waals surface area contributed by atoms with Crippen molar-refractivity contribution >= 4 is 35.0 Å². The zero-order chi connectivity index (χ0) is 21.3. The molecular formula is C22H21ClN4O2S. The molecule has 1 amide bonds. The maximum Gasteiger partial charge on any atom is 0.247 e. The van der Waals surface area contributed by atoms with Crippen molar-refractivity contribution in [3.63, 3.8) is 0 Å². The van der Waals surface area contributed by atoms with E-state index in [-0.39, 0.29) is 5.91 Å². The summed E-state index contributed by atoms with van der Waals surface area (Å²) in [5, 5.41) is 9.54. The molecule has 0 radical (unpaired) electrons. The molecule has 2 heterocycles. The van der Waals surface area contributed by atoms with Gasteiger partial charge in [-0.15, -0.1) is 10.2 Å². The first-order valence-electron chi connectivity index (χ1n) is 9.71. The number of carbonyl (C=O) groups excluding carboxylic acids is 1. The summed E-state index contributed by atoms with van der Waals surface area (Å²) in [6.07, 6.45) is 2.44. The van der Waals surface area contributed by atoms with Gasteiger partial charge in [-0.05, 0) is 36.4 Å². The summed E-state index contributed by atoms with van der Waals surface area (Å²) in [6.45, 7) is 3.93. The van der Waals surface area contributed by atoms with Crippen LogP contribution in [0.4, 0.5) is 5.69 Å². The van der Waals surface area contributed by atoms with Crippen molar-refractivity contribution in [3.05, 3.63) is 58.6 Å². The Morgan fingerprint density at radius 2 is 1.93 bits per heavy atom. The van der Waals surface area contributed by atoms with Gasteiger partial charge in [0.05, 0.1) is 5.69 Å². The molecule has 1 aromatic heterocycles. The van der Waals surface area contributed by atoms with Gasteiger partial charge >= 0.3 is 0 Å². The summed E-state index contributed by atoms with van der Waals surface area (Å²) in [5.74, 6) is 0.253. The molecule has 6 nitrogen and oxygen atoms in total. The smallest absolute Gasteiger partial charge is 0.247 e. The predicted molar refractivity (Wildman–Crippen MR) is 119 cm³/mol. The Hall–Kier alpha value is -2.64. The van der Waals surface area contributed by atoms with Gasteiger partial charge in [0.2, 0.25) is 23.2 Å². The summed E-state index contributed by atoms with van der Waals surface area (Å²) in [7, 11) is 0. The van der Waals surface area contributed by atoms with Crippen LogP contribution in [0.25, 0.3) is 11.3 Å². The highest BCUT2D eigenvalue weighted by molar-refractivity contribution is 7.98. The molecule has 4 rings (SSSR count). The van der Waals surface area contributed by atoms with E-state index in [9.17, 15) is 4.79 Å². The van der Waals surface area contributed by atoms with Crippen LogP contribution >= 0.6 is 23.4 Å². The number of anilines is 1. The van der Waals surface area contributed by atoms with Crippen LogP contribution in [0.3, 0.4) is 0 Å². The van der Waals surface area contributed by atoms with Crippen LogP contribution in [-0.2, 0) is 11.2 Å². The number of hydrogen-bond donors (Lipinski definition) is 0. The van der Waals surface area contributed by atoms with Crippen molar-refractivity contribution < 1.29 is 9.53 Å². The van der Waals surface area contributed by atoms with E-state index in [0.717, 1.165) is 12.0 Å². The lowest BCUT2D eigenvalue weighted by Gasteiger charge is -2.30. The lowest BCUT2D eigenvalue weighted by Crippen LogP contribution is -2.37. The quantitative estimate of drug-likeness (QED) is 0.512. The van der Waals surface area contributed by atoms with Crippen molar-refractivity contribution in [2.24, 2.45) is 0 Å². The average Bonchev–Trinajstić information content (AvgIpc) is 2.92. The van der Waals surface area contributed by atoms with Gasteiger partial charge in [0, 0.05) is 22.6 Å². The van der Waals surface area contributed by atoms with Gasteiger partial charge in [0.15, 0.2) is 5.69 Å². The third kappa shape index (κ3) is 3.75. The molecule has 0 aliphatic carbocycles. The van der Waals surface area contributed by atoms with Crippen molar-refractivity contribution in [2.45, 2.75) is 38.1 Å². The summed E-state index contributed by atoms with van der Waals surface area (Å²) in [5.41, 5.74) is 3.86. The topological polar surface area (TPSA) is 68.2 Å². The molecule has 1 unspecified atom stereocenters. The zero-order valence-corrected chi connectivity index (χ0v) is 18.5. The standard InChI is InChI=1S/C22H21ClN4O2S/c1-4-13-6-8-14(9-7-13)21-27(18(28)5-2)17-11-10-15(23)12-16(17)19-20(29-21)24-22(30-3)26-25-19/h6-12,21H,4-5H2,1-3H3. The van der Waals surface area contributed by atoms with E-state index in [1.807, 2.05) is 43.5 Å². The molecule has 1 aliphatic rings. The van der Waals surface area contributed by atoms with Crippen LogP contribution in [0.5, 0.6) is 5.88 Å². The second-order valence-corrected chi connectivity index (χ2v) is 8.01. The Morgan fingerprint density at radius 3 is 2.60 bits per heavy atom. The number of rotatable bonds is 4. The number of aromatic nitrogens is 3. The summed E-state index contributed by atoms with van der Waals surface area (Å²) in [6, 6.07) is 13.4. The molecule has 0 bridgehead atoms. The number of nitrogens with zero attached hydrogens (tertiary/aromatic N) is 4. The summed E-state index contributed by atoms with van der Waals surface area (Å²) in [4.78, 5) is 19.3. The Balaban J connectivity index is 1.96. The molecule has 154 valence electrons. The number of benzene rings is 2. The minimum atomic E-state index is -0.684. The molecule has 0 saturated heterocycles. The van der Waals surface area contributed by atoms with E-state index in [1.54, 1.807) is 17.0 Å². The van der Waals surface area contributed by atoms with Gasteiger partial charge in [-0.3, -0.25) is 9.69 Å². The monoisotopic (exact) mass is 440 g/mol. The van der Waals surface area contributed by atoms with E-state index in [0.29, 0.717) is 39.4 Å². The summed E-state index contributed by atoms with van der Waals surface area (Å²) < 4.78 is 6.35. The minimum Gasteiger partial charge on any atom is -0.447 e. The molecule has 30 heavy (non-hydrogen) atoms. The van der Waals surface area contributed by atoms with Crippen molar-refractivity contribution in [3.8, 4) is 17.1 Å². The van der Waals surface area contributed by atoms with Crippen LogP contribution < -0.4 is 9.64 Å². The van der Waals surface area contributed by atoms with Crippen LogP contribution in [0.1, 0.15) is 37.6 Å². The number of ether oxygens (including phenoxy) is 1. The van der Waals surface area contributed by atoms with E-state index in [1.165, 1.54) is 17.3 Å². The van der Waals surface area contributed by atoms with E-state index < -0.39 is 6.23 Å². The van der Waals surface area contributed by atoms with Crippen LogP contribution in [0.2, 0.25) is 5.02 Å². The van der Waals surface area contributed by atoms with E-state index in [2.05, 4.69) is 22.1 Å². The van der Waals surface area contributed by atoms with E-state index in [4.69, 9.17) is 16.3 Å². The van der Waals surface area contributed by atoms with Crippen LogP contribution in [-0.4, -0.2) is 27.3 Å². The van der Waals surface area contributed by atoms with Crippen molar-refractivity contribution in [1.82, 2.24) is 15.2 Å². The average molecular weight is 441 g/mol. The van der Waals surface area contributed by atoms with Crippen LogP contribution in [0, 0.1) is 0 Å². The van der Waals surface area contributed by atoms with Crippen molar-refractivity contribution in [2.75, 3.05) is 11.2 Å². The first kappa shape index (κ1) is 20.6. The fraction of sp³-hybridized carbons (Fsp3) is 0.273. The number of thioether (sulfide) groups is 1. The molecule has 3 aromatic rings. The highest BCUT2D eigenvalue weighted by atomic mass is 35.5. The molecule has 0 N–H and O–H groups in total. The van der Waals surface area contributed by atoms with Crippen LogP contribution in [0.15, 0.2) is 47.6 Å². The Labute approximate surface area is 184 Å². The van der Waals surface area contributed by atoms with Gasteiger partial charge in [0.1, 0.15) is 0 Å². The molecule has 8 heteroatoms. The molecule has 2 aromatic carbocycles. The fourth-order valence-corrected chi connectivity index (χ4v) is 3.87. The van der Waals surface area contributed by atoms with Gasteiger partial charge in [-0.25, -0.2) is 0 Å². The van der Waals surface area contributed by atoms with Gasteiger partial charge < -0.3 is 4.74 Å². The Morgan fingerprint density at radius 1 is 1.17 bits per heavy atom. The normalized spacial score (nSPS) is 15.1. The predicted octanol–water partition coefficient (Wildman–Crippen LogP) is 5.31. The maximum absolute atomic E-state index is 13.1. The second-order valence-electron chi connectivity index (χ2n) is 6.80. The number of carbonyl (C=O) groups is 1. The Kier molecular flexibility index (Phi) is 5.92. The third-order valence-corrected chi connectivity index (χ3v) is 5.77. The first-order valence-corrected chi connectivity index (χ1v) is 11.3. The number of amides is 1. The van der Waals surface area contributed by atoms with Crippen molar-refractivity contribution in [1.29, 1.82) is 0 Å². The minimum absolute atomic E-state index is 0.0750. The van der Waals surface area contributed by atoms with Gasteiger partial charge in [-0.1, -0.05) is 61.5 Å².